The van der Waals surface area contributed by atoms with Crippen LogP contribution in [0, 0.1) is 10.1 Å². The fourth-order valence-electron chi connectivity index (χ4n) is 1.72. The third-order valence-electron chi connectivity index (χ3n) is 2.61. The zero-order chi connectivity index (χ0) is 15.6. The molecule has 0 amide bonds. The highest BCUT2D eigenvalue weighted by molar-refractivity contribution is 5.72. The summed E-state index contributed by atoms with van der Waals surface area (Å²) in [6.07, 6.45) is -4.83. The maximum atomic E-state index is 13.1. The summed E-state index contributed by atoms with van der Waals surface area (Å²) in [5.41, 5.74) is -0.299. The summed E-state index contributed by atoms with van der Waals surface area (Å²) in [6.45, 7) is 0. The number of alkyl halides is 3. The van der Waals surface area contributed by atoms with Crippen LogP contribution in [0.15, 0.2) is 30.5 Å². The molecule has 6 nitrogen and oxygen atoms in total. The first kappa shape index (κ1) is 14.8. The molecule has 0 saturated carbocycles. The summed E-state index contributed by atoms with van der Waals surface area (Å²) >= 11 is 0. The van der Waals surface area contributed by atoms with Gasteiger partial charge in [-0.3, -0.25) is 14.8 Å². The van der Waals surface area contributed by atoms with E-state index in [4.69, 9.17) is 0 Å². The number of hydrogen-bond acceptors (Lipinski definition) is 4. The molecule has 1 aromatic carbocycles. The van der Waals surface area contributed by atoms with Crippen molar-refractivity contribution in [3.63, 3.8) is 0 Å². The summed E-state index contributed by atoms with van der Waals surface area (Å²) in [7, 11) is 1.61. The van der Waals surface area contributed by atoms with Gasteiger partial charge in [0.2, 0.25) is 5.75 Å². The van der Waals surface area contributed by atoms with Gasteiger partial charge in [0.25, 0.3) is 6.36 Å². The molecule has 0 N–H and O–H groups in total. The van der Waals surface area contributed by atoms with E-state index in [1.807, 2.05) is 0 Å². The van der Waals surface area contributed by atoms with Crippen molar-refractivity contribution >= 4 is 5.69 Å². The lowest BCUT2D eigenvalue weighted by molar-refractivity contribution is -0.386. The van der Waals surface area contributed by atoms with Crippen molar-refractivity contribution < 1.29 is 22.8 Å². The van der Waals surface area contributed by atoms with Crippen LogP contribution in [0.3, 0.4) is 0 Å². The zero-order valence-electron chi connectivity index (χ0n) is 10.7. The van der Waals surface area contributed by atoms with Crippen LogP contribution >= 0.6 is 0 Å². The molecule has 21 heavy (non-hydrogen) atoms. The summed E-state index contributed by atoms with van der Waals surface area (Å²) in [5.74, 6) is -0.575. The van der Waals surface area contributed by atoms with Gasteiger partial charge in [-0.25, -0.2) is 8.78 Å². The van der Waals surface area contributed by atoms with Crippen LogP contribution in [0.1, 0.15) is 0 Å². The second-order valence-corrected chi connectivity index (χ2v) is 4.09. The molecule has 2 rings (SSSR count). The summed E-state index contributed by atoms with van der Waals surface area (Å²) in [5, 5.41) is 15.0. The fourth-order valence-corrected chi connectivity index (χ4v) is 1.72. The van der Waals surface area contributed by atoms with Crippen LogP contribution < -0.4 is 4.74 Å². The Balaban J connectivity index is 2.54. The minimum Gasteiger partial charge on any atom is -0.446 e. The molecule has 1 aromatic heterocycles. The van der Waals surface area contributed by atoms with E-state index in [0.29, 0.717) is 0 Å². The fraction of sp³-hybridized carbons (Fsp3) is 0.250. The Bertz CT molecular complexity index is 660. The molecule has 2 aromatic rings. The highest BCUT2D eigenvalue weighted by Gasteiger charge is 2.28. The van der Waals surface area contributed by atoms with Crippen molar-refractivity contribution in [2.24, 2.45) is 7.05 Å². The van der Waals surface area contributed by atoms with Crippen molar-refractivity contribution in [3.05, 3.63) is 40.6 Å². The monoisotopic (exact) mass is 301 g/mol. The molecular weight excluding hydrogens is 291 g/mol. The van der Waals surface area contributed by atoms with E-state index < -0.39 is 29.1 Å². The molecule has 9 heteroatoms. The Kier molecular flexibility index (Phi) is 4.10. The van der Waals surface area contributed by atoms with Crippen LogP contribution in [-0.4, -0.2) is 27.5 Å². The van der Waals surface area contributed by atoms with Gasteiger partial charge in [-0.05, 0) is 12.1 Å². The van der Waals surface area contributed by atoms with Crippen LogP contribution in [0.2, 0.25) is 0 Å². The molecular formula is C12H10F3N3O3. The number of hydrogen-bond donors (Lipinski definition) is 0. The largest absolute Gasteiger partial charge is 0.446 e. The molecule has 0 saturated heterocycles. The lowest BCUT2D eigenvalue weighted by atomic mass is 10.1. The SMILES string of the molecule is Cn1ccc(-c2cccc([N+](=O)[O-])c2OC(F)C(F)F)n1. The van der Waals surface area contributed by atoms with Gasteiger partial charge in [-0.1, -0.05) is 6.07 Å². The molecule has 0 aliphatic heterocycles. The maximum Gasteiger partial charge on any atom is 0.311 e. The van der Waals surface area contributed by atoms with Crippen LogP contribution in [0.5, 0.6) is 5.75 Å². The second-order valence-electron chi connectivity index (χ2n) is 4.09. The lowest BCUT2D eigenvalue weighted by Gasteiger charge is -2.13. The Morgan fingerprint density at radius 2 is 2.05 bits per heavy atom. The van der Waals surface area contributed by atoms with Crippen LogP contribution in [0.4, 0.5) is 18.9 Å². The molecule has 112 valence electrons. The van der Waals surface area contributed by atoms with E-state index >= 15 is 0 Å². The number of para-hydroxylation sites is 1. The van der Waals surface area contributed by atoms with E-state index in [1.165, 1.54) is 22.9 Å². The molecule has 1 atom stereocenters. The van der Waals surface area contributed by atoms with E-state index in [9.17, 15) is 23.3 Å². The quantitative estimate of drug-likeness (QED) is 0.629. The standard InChI is InChI=1S/C12H10F3N3O3/c1-17-6-5-8(16-17)7-3-2-4-9(18(19)20)10(7)21-12(15)11(13)14/h2-6,11-12H,1H3. The number of nitro groups is 1. The first-order chi connectivity index (χ1) is 9.90. The molecule has 0 fully saturated rings. The average molecular weight is 301 g/mol. The number of rotatable bonds is 5. The third-order valence-corrected chi connectivity index (χ3v) is 2.61. The zero-order valence-corrected chi connectivity index (χ0v) is 10.7. The number of nitrogens with zero attached hydrogens (tertiary/aromatic N) is 3. The molecule has 0 aliphatic rings. The van der Waals surface area contributed by atoms with Crippen molar-refractivity contribution in [1.29, 1.82) is 0 Å². The lowest BCUT2D eigenvalue weighted by Crippen LogP contribution is -2.20. The predicted octanol–water partition coefficient (Wildman–Crippen LogP) is 2.93. The van der Waals surface area contributed by atoms with Gasteiger partial charge >= 0.3 is 12.1 Å². The average Bonchev–Trinajstić information content (AvgIpc) is 2.85. The van der Waals surface area contributed by atoms with Gasteiger partial charge in [0.05, 0.1) is 16.2 Å². The molecule has 0 radical (unpaired) electrons. The van der Waals surface area contributed by atoms with E-state index in [0.717, 1.165) is 6.07 Å². The minimum absolute atomic E-state index is 0.0631. The summed E-state index contributed by atoms with van der Waals surface area (Å²) < 4.78 is 43.6. The summed E-state index contributed by atoms with van der Waals surface area (Å²) in [6, 6.07) is 5.26. The van der Waals surface area contributed by atoms with Gasteiger partial charge in [-0.2, -0.15) is 9.49 Å². The Hall–Kier alpha value is -2.58. The third kappa shape index (κ3) is 3.12. The Labute approximate surface area is 116 Å². The van der Waals surface area contributed by atoms with Gasteiger partial charge in [0.1, 0.15) is 0 Å². The van der Waals surface area contributed by atoms with Gasteiger partial charge in [-0.15, -0.1) is 0 Å². The van der Waals surface area contributed by atoms with Crippen molar-refractivity contribution in [2.45, 2.75) is 12.8 Å². The van der Waals surface area contributed by atoms with Crippen molar-refractivity contribution in [3.8, 4) is 17.0 Å². The molecule has 0 aliphatic carbocycles. The van der Waals surface area contributed by atoms with Gasteiger partial charge in [0.15, 0.2) is 0 Å². The first-order valence-electron chi connectivity index (χ1n) is 5.76. The smallest absolute Gasteiger partial charge is 0.311 e. The van der Waals surface area contributed by atoms with E-state index in [-0.39, 0.29) is 11.3 Å². The number of ether oxygens (including phenoxy) is 1. The number of halogens is 3. The minimum atomic E-state index is -3.42. The highest BCUT2D eigenvalue weighted by Crippen LogP contribution is 2.38. The molecule has 1 unspecified atom stereocenters. The van der Waals surface area contributed by atoms with E-state index in [1.54, 1.807) is 13.2 Å². The number of benzene rings is 1. The van der Waals surface area contributed by atoms with Crippen molar-refractivity contribution in [1.82, 2.24) is 9.78 Å². The number of aromatic nitrogens is 2. The van der Waals surface area contributed by atoms with Crippen molar-refractivity contribution in [2.75, 3.05) is 0 Å². The topological polar surface area (TPSA) is 70.2 Å². The second kappa shape index (κ2) is 5.81. The highest BCUT2D eigenvalue weighted by atomic mass is 19.3. The number of aryl methyl sites for hydroxylation is 1. The van der Waals surface area contributed by atoms with Crippen LogP contribution in [-0.2, 0) is 7.05 Å². The van der Waals surface area contributed by atoms with E-state index in [2.05, 4.69) is 9.84 Å². The summed E-state index contributed by atoms with van der Waals surface area (Å²) in [4.78, 5) is 10.1. The molecule has 1 heterocycles. The number of nitro benzene ring substituents is 1. The normalized spacial score (nSPS) is 12.4. The molecule has 0 spiro atoms. The van der Waals surface area contributed by atoms with Gasteiger partial charge in [0, 0.05) is 19.3 Å². The Morgan fingerprint density at radius 1 is 1.33 bits per heavy atom. The molecule has 0 bridgehead atoms. The maximum absolute atomic E-state index is 13.1. The Morgan fingerprint density at radius 3 is 2.57 bits per heavy atom. The first-order valence-corrected chi connectivity index (χ1v) is 5.76. The van der Waals surface area contributed by atoms with Gasteiger partial charge < -0.3 is 4.74 Å². The predicted molar refractivity (Wildman–Crippen MR) is 66.8 cm³/mol. The van der Waals surface area contributed by atoms with Crippen LogP contribution in [0.25, 0.3) is 11.3 Å².